The summed E-state index contributed by atoms with van der Waals surface area (Å²) in [5, 5.41) is 18.0. The maximum absolute atomic E-state index is 12.4. The Hall–Kier alpha value is -2.29. The van der Waals surface area contributed by atoms with E-state index in [1.807, 2.05) is 0 Å². The second kappa shape index (κ2) is 5.24. The van der Waals surface area contributed by atoms with E-state index in [0.717, 1.165) is 4.90 Å². The molecule has 0 aliphatic carbocycles. The number of amides is 2. The molecule has 1 aromatic carbocycles. The van der Waals surface area contributed by atoms with Gasteiger partial charge in [0.05, 0.1) is 5.69 Å². The number of carbonyl (C=O) groups is 2. The maximum atomic E-state index is 12.4. The Bertz CT molecular complexity index is 700. The topological polar surface area (TPSA) is 115 Å². The Balaban J connectivity index is 2.39. The Labute approximate surface area is 121 Å². The number of phenols is 1. The molecule has 1 aromatic rings. The number of hydrogen-bond donors (Lipinski definition) is 2. The molecule has 0 unspecified atom stereocenters. The van der Waals surface area contributed by atoms with Crippen LogP contribution in [0.5, 0.6) is 5.75 Å². The molecule has 2 N–H and O–H groups in total. The summed E-state index contributed by atoms with van der Waals surface area (Å²) < 4.78 is 25.4. The van der Waals surface area contributed by atoms with E-state index >= 15 is 0 Å². The third-order valence-corrected chi connectivity index (χ3v) is 4.94. The summed E-state index contributed by atoms with van der Waals surface area (Å²) in [6.45, 7) is -0.210. The van der Waals surface area contributed by atoms with Gasteiger partial charge in [-0.1, -0.05) is 0 Å². The zero-order valence-corrected chi connectivity index (χ0v) is 12.0. The lowest BCUT2D eigenvalue weighted by atomic mass is 10.2. The first-order valence-electron chi connectivity index (χ1n) is 6.10. The highest BCUT2D eigenvalue weighted by atomic mass is 32.2. The molecule has 1 aliphatic heterocycles. The second-order valence-corrected chi connectivity index (χ2v) is 6.40. The van der Waals surface area contributed by atoms with Crippen molar-refractivity contribution in [2.24, 2.45) is 0 Å². The summed E-state index contributed by atoms with van der Waals surface area (Å²) in [7, 11) is -2.65. The molecule has 2 rings (SSSR count). The fourth-order valence-corrected chi connectivity index (χ4v) is 3.70. The lowest BCUT2D eigenvalue weighted by Gasteiger charge is -2.34. The number of sulfonamides is 1. The summed E-state index contributed by atoms with van der Waals surface area (Å²) in [6, 6.07) is 2.85. The van der Waals surface area contributed by atoms with Gasteiger partial charge in [-0.15, -0.1) is 0 Å². The van der Waals surface area contributed by atoms with Crippen molar-refractivity contribution in [1.29, 1.82) is 0 Å². The monoisotopic (exact) mass is 314 g/mol. The first-order valence-corrected chi connectivity index (χ1v) is 7.54. The number of aliphatic carboxylic acids is 1. The van der Waals surface area contributed by atoms with E-state index in [0.29, 0.717) is 4.31 Å². The minimum absolute atomic E-state index is 0.0293. The van der Waals surface area contributed by atoms with E-state index in [1.165, 1.54) is 25.2 Å². The van der Waals surface area contributed by atoms with Crippen LogP contribution in [0.15, 0.2) is 23.1 Å². The van der Waals surface area contributed by atoms with Crippen molar-refractivity contribution in [3.05, 3.63) is 18.2 Å². The lowest BCUT2D eigenvalue weighted by molar-refractivity contribution is -0.137. The van der Waals surface area contributed by atoms with Crippen LogP contribution < -0.4 is 4.90 Å². The SMILES string of the molecule is CN1C(=O)N(CCCC(=O)O)S(=O)(=O)c2ccc(O)cc21. The Morgan fingerprint density at radius 2 is 2.00 bits per heavy atom. The number of anilines is 1. The van der Waals surface area contributed by atoms with E-state index in [-0.39, 0.29) is 35.7 Å². The predicted molar refractivity (Wildman–Crippen MR) is 72.7 cm³/mol. The van der Waals surface area contributed by atoms with Gasteiger partial charge in [0, 0.05) is 26.1 Å². The fourth-order valence-electron chi connectivity index (χ4n) is 2.07. The van der Waals surface area contributed by atoms with Gasteiger partial charge in [-0.25, -0.2) is 17.5 Å². The van der Waals surface area contributed by atoms with E-state index in [9.17, 15) is 23.1 Å². The lowest BCUT2D eigenvalue weighted by Crippen LogP contribution is -2.49. The van der Waals surface area contributed by atoms with Gasteiger partial charge in [-0.3, -0.25) is 9.69 Å². The number of hydrogen-bond acceptors (Lipinski definition) is 5. The minimum Gasteiger partial charge on any atom is -0.508 e. The van der Waals surface area contributed by atoms with Crippen molar-refractivity contribution in [2.45, 2.75) is 17.7 Å². The van der Waals surface area contributed by atoms with Crippen LogP contribution in [0, 0.1) is 0 Å². The summed E-state index contributed by atoms with van der Waals surface area (Å²) in [6.07, 6.45) is -0.201. The van der Waals surface area contributed by atoms with E-state index in [1.54, 1.807) is 0 Å². The zero-order chi connectivity index (χ0) is 15.8. The summed E-state index contributed by atoms with van der Waals surface area (Å²) >= 11 is 0. The number of rotatable bonds is 4. The van der Waals surface area contributed by atoms with Gasteiger partial charge in [-0.05, 0) is 18.6 Å². The molecular formula is C12H14N2O6S. The first-order chi connectivity index (χ1) is 9.75. The van der Waals surface area contributed by atoms with Crippen molar-refractivity contribution in [3.63, 3.8) is 0 Å². The standard InChI is InChI=1S/C12H14N2O6S/c1-13-9-7-8(15)4-5-10(9)21(19,20)14(12(13)18)6-2-3-11(16)17/h4-5,7,15H,2-3,6H2,1H3,(H,16,17). The van der Waals surface area contributed by atoms with Crippen molar-refractivity contribution in [2.75, 3.05) is 18.5 Å². The molecule has 0 saturated heterocycles. The summed E-state index contributed by atoms with van der Waals surface area (Å²) in [5.41, 5.74) is 0.0921. The largest absolute Gasteiger partial charge is 0.508 e. The summed E-state index contributed by atoms with van der Waals surface area (Å²) in [4.78, 5) is 23.6. The Morgan fingerprint density at radius 1 is 1.33 bits per heavy atom. The van der Waals surface area contributed by atoms with Crippen molar-refractivity contribution in [1.82, 2.24) is 4.31 Å². The van der Waals surface area contributed by atoms with Crippen molar-refractivity contribution < 1.29 is 28.2 Å². The van der Waals surface area contributed by atoms with Gasteiger partial charge in [0.25, 0.3) is 10.0 Å². The van der Waals surface area contributed by atoms with Crippen LogP contribution in [0.2, 0.25) is 0 Å². The molecule has 2 amide bonds. The molecule has 114 valence electrons. The molecule has 0 bridgehead atoms. The molecule has 21 heavy (non-hydrogen) atoms. The van der Waals surface area contributed by atoms with Gasteiger partial charge in [0.1, 0.15) is 10.6 Å². The van der Waals surface area contributed by atoms with Crippen molar-refractivity contribution in [3.8, 4) is 5.75 Å². The average Bonchev–Trinajstić information content (AvgIpc) is 2.40. The quantitative estimate of drug-likeness (QED) is 0.850. The van der Waals surface area contributed by atoms with E-state index in [2.05, 4.69) is 0 Å². The number of fused-ring (bicyclic) bond motifs is 1. The molecule has 0 radical (unpaired) electrons. The third kappa shape index (κ3) is 2.64. The van der Waals surface area contributed by atoms with E-state index < -0.39 is 22.0 Å². The molecule has 0 spiro atoms. The smallest absolute Gasteiger partial charge is 0.338 e. The normalized spacial score (nSPS) is 16.7. The van der Waals surface area contributed by atoms with Crippen LogP contribution in [0.3, 0.4) is 0 Å². The number of aromatic hydroxyl groups is 1. The third-order valence-electron chi connectivity index (χ3n) is 3.12. The highest BCUT2D eigenvalue weighted by molar-refractivity contribution is 7.90. The highest BCUT2D eigenvalue weighted by Crippen LogP contribution is 2.35. The average molecular weight is 314 g/mol. The van der Waals surface area contributed by atoms with Crippen LogP contribution in [0.4, 0.5) is 10.5 Å². The van der Waals surface area contributed by atoms with Crippen LogP contribution in [0.25, 0.3) is 0 Å². The second-order valence-electron chi connectivity index (χ2n) is 4.57. The number of carboxylic acids is 1. The molecule has 0 saturated carbocycles. The molecule has 1 aliphatic rings. The van der Waals surface area contributed by atoms with Gasteiger partial charge in [-0.2, -0.15) is 0 Å². The predicted octanol–water partition coefficient (Wildman–Crippen LogP) is 0.818. The van der Waals surface area contributed by atoms with Crippen LogP contribution in [-0.2, 0) is 14.8 Å². The Morgan fingerprint density at radius 3 is 2.62 bits per heavy atom. The number of carboxylic acid groups (broad SMARTS) is 1. The number of nitrogens with zero attached hydrogens (tertiary/aromatic N) is 2. The zero-order valence-electron chi connectivity index (χ0n) is 11.2. The van der Waals surface area contributed by atoms with Crippen LogP contribution >= 0.6 is 0 Å². The van der Waals surface area contributed by atoms with Gasteiger partial charge >= 0.3 is 12.0 Å². The highest BCUT2D eigenvalue weighted by Gasteiger charge is 2.39. The molecular weight excluding hydrogens is 300 g/mol. The summed E-state index contributed by atoms with van der Waals surface area (Å²) in [5.74, 6) is -1.21. The maximum Gasteiger partial charge on any atom is 0.338 e. The molecule has 8 nitrogen and oxygen atoms in total. The molecule has 0 atom stereocenters. The van der Waals surface area contributed by atoms with Gasteiger partial charge in [0.15, 0.2) is 0 Å². The molecule has 0 fully saturated rings. The number of phenolic OH excluding ortho intramolecular Hbond substituents is 1. The molecule has 1 heterocycles. The minimum atomic E-state index is -4.04. The molecule has 9 heteroatoms. The van der Waals surface area contributed by atoms with Crippen LogP contribution in [-0.4, -0.2) is 48.5 Å². The molecule has 0 aromatic heterocycles. The van der Waals surface area contributed by atoms with Gasteiger partial charge < -0.3 is 10.2 Å². The van der Waals surface area contributed by atoms with Crippen molar-refractivity contribution >= 4 is 27.7 Å². The van der Waals surface area contributed by atoms with Crippen LogP contribution in [0.1, 0.15) is 12.8 Å². The number of carbonyl (C=O) groups excluding carboxylic acids is 1. The van der Waals surface area contributed by atoms with E-state index in [4.69, 9.17) is 5.11 Å². The fraction of sp³-hybridized carbons (Fsp3) is 0.333. The number of urea groups is 1. The Kier molecular flexibility index (Phi) is 3.77. The number of benzene rings is 1. The first kappa shape index (κ1) is 15.1. The van der Waals surface area contributed by atoms with Gasteiger partial charge in [0.2, 0.25) is 0 Å².